The zero-order valence-electron chi connectivity index (χ0n) is 8.80. The van der Waals surface area contributed by atoms with Crippen molar-refractivity contribution in [2.24, 2.45) is 0 Å². The van der Waals surface area contributed by atoms with Crippen LogP contribution in [0.1, 0.15) is 10.4 Å². The van der Waals surface area contributed by atoms with Crippen molar-refractivity contribution < 1.29 is 14.6 Å². The Morgan fingerprint density at radius 2 is 2.12 bits per heavy atom. The van der Waals surface area contributed by atoms with Crippen LogP contribution in [0.25, 0.3) is 10.9 Å². The Kier molecular flexibility index (Phi) is 4.19. The van der Waals surface area contributed by atoms with E-state index in [-0.39, 0.29) is 31.8 Å². The molecule has 0 bridgehead atoms. The Labute approximate surface area is 111 Å². The van der Waals surface area contributed by atoms with Crippen molar-refractivity contribution in [1.29, 1.82) is 0 Å². The van der Waals surface area contributed by atoms with Crippen LogP contribution in [0.3, 0.4) is 0 Å². The fraction of sp³-hybridized carbons (Fsp3) is 0.0909. The van der Waals surface area contributed by atoms with E-state index in [1.807, 2.05) is 0 Å². The van der Waals surface area contributed by atoms with E-state index in [1.54, 1.807) is 18.2 Å². The van der Waals surface area contributed by atoms with Crippen molar-refractivity contribution in [3.05, 3.63) is 36.0 Å². The molecule has 1 aromatic heterocycles. The third-order valence-corrected chi connectivity index (χ3v) is 2.18. The molecule has 0 saturated carbocycles. The minimum atomic E-state index is -0.962. The van der Waals surface area contributed by atoms with Crippen LogP contribution in [0.2, 0.25) is 0 Å². The summed E-state index contributed by atoms with van der Waals surface area (Å²) in [5.41, 5.74) is 0.884. The molecule has 84 valence electrons. The molecule has 0 atom stereocenters. The summed E-state index contributed by atoms with van der Waals surface area (Å²) in [6.45, 7) is 0. The van der Waals surface area contributed by atoms with Crippen molar-refractivity contribution in [1.82, 2.24) is 4.98 Å². The number of carboxylic acids is 1. The third-order valence-electron chi connectivity index (χ3n) is 2.18. The summed E-state index contributed by atoms with van der Waals surface area (Å²) in [5.74, 6) is -0.339. The number of hydrogen-bond donors (Lipinski definition) is 1. The second kappa shape index (κ2) is 5.21. The molecule has 2 rings (SSSR count). The number of rotatable bonds is 2. The Bertz CT molecular complexity index is 528. The molecule has 0 spiro atoms. The SMILES string of the molecule is COc1ccc2nccc(C(=O)O)c2c1.[BiH3]. The predicted octanol–water partition coefficient (Wildman–Crippen LogP) is 0.758. The number of aromatic nitrogens is 1. The van der Waals surface area contributed by atoms with E-state index in [0.717, 1.165) is 0 Å². The van der Waals surface area contributed by atoms with E-state index in [9.17, 15) is 4.79 Å². The molecule has 0 unspecified atom stereocenters. The van der Waals surface area contributed by atoms with Gasteiger partial charge >= 0.3 is 32.2 Å². The van der Waals surface area contributed by atoms with Gasteiger partial charge in [-0.25, -0.2) is 4.79 Å². The average molecular weight is 415 g/mol. The van der Waals surface area contributed by atoms with Gasteiger partial charge in [0.25, 0.3) is 0 Å². The molecule has 0 saturated heterocycles. The monoisotopic (exact) mass is 415 g/mol. The average Bonchev–Trinajstić information content (AvgIpc) is 2.27. The van der Waals surface area contributed by atoms with Gasteiger partial charge in [-0.2, -0.15) is 0 Å². The topological polar surface area (TPSA) is 59.4 Å². The van der Waals surface area contributed by atoms with Gasteiger partial charge in [0.15, 0.2) is 0 Å². The molecule has 2 aromatic rings. The van der Waals surface area contributed by atoms with Crippen LogP contribution in [0, 0.1) is 0 Å². The van der Waals surface area contributed by atoms with Crippen molar-refractivity contribution in [2.75, 3.05) is 7.11 Å². The maximum absolute atomic E-state index is 10.9. The first kappa shape index (κ1) is 12.9. The Balaban J connectivity index is 0.00000128. The Morgan fingerprint density at radius 3 is 2.75 bits per heavy atom. The molecule has 0 aliphatic carbocycles. The molecule has 1 N–H and O–H groups in total. The number of methoxy groups -OCH3 is 1. The fourth-order valence-corrected chi connectivity index (χ4v) is 1.44. The molecule has 0 radical (unpaired) electrons. The number of carboxylic acid groups (broad SMARTS) is 1. The van der Waals surface area contributed by atoms with Crippen molar-refractivity contribution in [3.8, 4) is 5.75 Å². The van der Waals surface area contributed by atoms with Gasteiger partial charge in [-0.05, 0) is 24.3 Å². The van der Waals surface area contributed by atoms with Gasteiger partial charge in [0.1, 0.15) is 5.75 Å². The van der Waals surface area contributed by atoms with Crippen molar-refractivity contribution in [3.63, 3.8) is 0 Å². The summed E-state index contributed by atoms with van der Waals surface area (Å²) in [6, 6.07) is 6.64. The molecule has 0 fully saturated rings. The number of ether oxygens (including phenoxy) is 1. The van der Waals surface area contributed by atoms with E-state index in [1.165, 1.54) is 19.4 Å². The van der Waals surface area contributed by atoms with Gasteiger partial charge < -0.3 is 9.84 Å². The first-order valence-corrected chi connectivity index (χ1v) is 4.38. The standard InChI is InChI=1S/C11H9NO3.Bi.3H/c1-15-7-2-3-10-9(6-7)8(11(13)14)4-5-12-10;;;;/h2-6H,1H3,(H,13,14);;;;. The van der Waals surface area contributed by atoms with Crippen LogP contribution in [-0.4, -0.2) is 49.4 Å². The third kappa shape index (κ3) is 2.30. The zero-order chi connectivity index (χ0) is 10.8. The van der Waals surface area contributed by atoms with Gasteiger partial charge in [-0.1, -0.05) is 0 Å². The fourth-order valence-electron chi connectivity index (χ4n) is 1.44. The van der Waals surface area contributed by atoms with Crippen LogP contribution in [0.4, 0.5) is 0 Å². The number of aromatic carboxylic acids is 1. The quantitative estimate of drug-likeness (QED) is 0.737. The molecule has 4 nitrogen and oxygen atoms in total. The van der Waals surface area contributed by atoms with E-state index in [4.69, 9.17) is 9.84 Å². The number of nitrogens with zero attached hydrogens (tertiary/aromatic N) is 1. The number of carbonyl (C=O) groups is 1. The van der Waals surface area contributed by atoms with E-state index >= 15 is 0 Å². The van der Waals surface area contributed by atoms with Gasteiger partial charge in [0.2, 0.25) is 0 Å². The molecule has 1 heterocycles. The zero-order valence-corrected chi connectivity index (χ0v) is 14.3. The van der Waals surface area contributed by atoms with Crippen molar-refractivity contribution in [2.45, 2.75) is 0 Å². The normalized spacial score (nSPS) is 9.56. The summed E-state index contributed by atoms with van der Waals surface area (Å²) in [6.07, 6.45) is 1.48. The van der Waals surface area contributed by atoms with E-state index in [2.05, 4.69) is 4.98 Å². The molecule has 0 amide bonds. The summed E-state index contributed by atoms with van der Waals surface area (Å²) < 4.78 is 5.04. The first-order valence-electron chi connectivity index (χ1n) is 4.38. The van der Waals surface area contributed by atoms with Gasteiger partial charge in [0, 0.05) is 11.6 Å². The van der Waals surface area contributed by atoms with Crippen LogP contribution >= 0.6 is 0 Å². The molecule has 5 heteroatoms. The van der Waals surface area contributed by atoms with E-state index < -0.39 is 5.97 Å². The van der Waals surface area contributed by atoms with Gasteiger partial charge in [-0.3, -0.25) is 4.98 Å². The number of hydrogen-bond acceptors (Lipinski definition) is 3. The maximum atomic E-state index is 10.9. The summed E-state index contributed by atoms with van der Waals surface area (Å²) in [7, 11) is 1.54. The van der Waals surface area contributed by atoms with Crippen molar-refractivity contribution >= 4 is 43.1 Å². The number of benzene rings is 1. The Hall–Kier alpha value is -1.22. The van der Waals surface area contributed by atoms with Crippen LogP contribution in [0.5, 0.6) is 5.75 Å². The van der Waals surface area contributed by atoms with E-state index in [0.29, 0.717) is 16.7 Å². The molecule has 1 aromatic carbocycles. The summed E-state index contributed by atoms with van der Waals surface area (Å²) in [5, 5.41) is 9.57. The minimum absolute atomic E-state index is 0. The van der Waals surface area contributed by atoms with Crippen LogP contribution < -0.4 is 4.74 Å². The predicted molar refractivity (Wildman–Crippen MR) is 65.2 cm³/mol. The second-order valence-corrected chi connectivity index (χ2v) is 3.05. The molecular weight excluding hydrogens is 403 g/mol. The number of pyridine rings is 1. The van der Waals surface area contributed by atoms with Gasteiger partial charge in [-0.15, -0.1) is 0 Å². The summed E-state index contributed by atoms with van der Waals surface area (Å²) >= 11 is 0. The number of fused-ring (bicyclic) bond motifs is 1. The Morgan fingerprint density at radius 1 is 1.38 bits per heavy atom. The van der Waals surface area contributed by atoms with Crippen LogP contribution in [0.15, 0.2) is 30.5 Å². The molecule has 0 aliphatic heterocycles. The summed E-state index contributed by atoms with van der Waals surface area (Å²) in [4.78, 5) is 15.0. The first-order chi connectivity index (χ1) is 7.22. The molecular formula is C11H12BiNO3. The second-order valence-electron chi connectivity index (χ2n) is 3.05. The molecule has 16 heavy (non-hydrogen) atoms. The molecule has 0 aliphatic rings. The van der Waals surface area contributed by atoms with Gasteiger partial charge in [0.05, 0.1) is 18.2 Å². The van der Waals surface area contributed by atoms with Crippen LogP contribution in [-0.2, 0) is 0 Å².